The Labute approximate surface area is 200 Å². The van der Waals surface area contributed by atoms with Gasteiger partial charge in [-0.3, -0.25) is 28.8 Å². The van der Waals surface area contributed by atoms with E-state index in [-0.39, 0.29) is 48.6 Å². The molecule has 0 aromatic heterocycles. The number of carbonyl (C=O) groups excluding carboxylic acids is 5. The number of esters is 1. The first-order valence-electron chi connectivity index (χ1n) is 11.6. The summed E-state index contributed by atoms with van der Waals surface area (Å²) >= 11 is 0. The van der Waals surface area contributed by atoms with E-state index in [1.165, 1.54) is 6.92 Å². The number of amides is 2. The molecule has 2 heterocycles. The number of ether oxygens (including phenoxy) is 1. The van der Waals surface area contributed by atoms with Crippen LogP contribution >= 0.6 is 0 Å². The van der Waals surface area contributed by atoms with Crippen molar-refractivity contribution in [1.82, 2.24) is 10.6 Å². The second-order valence-corrected chi connectivity index (χ2v) is 10.2. The minimum Gasteiger partial charge on any atom is -0.481 e. The summed E-state index contributed by atoms with van der Waals surface area (Å²) in [4.78, 5) is 68.7. The molecule has 2 aliphatic heterocycles. The van der Waals surface area contributed by atoms with Crippen molar-refractivity contribution in [2.24, 2.45) is 11.8 Å². The Bertz CT molecular complexity index is 846. The minimum absolute atomic E-state index is 0.0884. The Morgan fingerprint density at radius 1 is 0.882 bits per heavy atom. The van der Waals surface area contributed by atoms with Crippen LogP contribution in [0.3, 0.4) is 0 Å². The Hall–Kier alpha value is -2.78. The van der Waals surface area contributed by atoms with Gasteiger partial charge in [-0.15, -0.1) is 0 Å². The van der Waals surface area contributed by atoms with Crippen molar-refractivity contribution in [2.45, 2.75) is 104 Å². The number of Topliss-reactive ketones (excluding diaryl/α,β-unsaturated/α-hetero) is 2. The van der Waals surface area contributed by atoms with E-state index >= 15 is 0 Å². The quantitative estimate of drug-likeness (QED) is 0.350. The van der Waals surface area contributed by atoms with Gasteiger partial charge in [-0.05, 0) is 46.5 Å². The summed E-state index contributed by atoms with van der Waals surface area (Å²) in [5, 5.41) is 14.1. The van der Waals surface area contributed by atoms with Gasteiger partial charge in [0.1, 0.15) is 5.60 Å². The fourth-order valence-electron chi connectivity index (χ4n) is 4.20. The lowest BCUT2D eigenvalue weighted by atomic mass is 9.83. The Balaban J connectivity index is 0.000000350. The van der Waals surface area contributed by atoms with Gasteiger partial charge in [0.15, 0.2) is 11.6 Å². The number of hydrogen-bond donors (Lipinski definition) is 3. The molecule has 0 unspecified atom stereocenters. The second-order valence-electron chi connectivity index (χ2n) is 10.2. The van der Waals surface area contributed by atoms with Crippen molar-refractivity contribution >= 4 is 35.3 Å². The molecule has 0 radical (unpaired) electrons. The zero-order chi connectivity index (χ0) is 26.5. The van der Waals surface area contributed by atoms with Gasteiger partial charge in [-0.2, -0.15) is 0 Å². The molecule has 4 atom stereocenters. The molecule has 0 bridgehead atoms. The van der Waals surface area contributed by atoms with Crippen molar-refractivity contribution in [3.05, 3.63) is 0 Å². The predicted octanol–water partition coefficient (Wildman–Crippen LogP) is 1.93. The first kappa shape index (κ1) is 29.3. The molecular weight excluding hydrogens is 444 g/mol. The number of carboxylic acids is 1. The number of carboxylic acid groups (broad SMARTS) is 1. The standard InChI is InChI=1S/C14H23NO4.C10H15NO4/c1-6-14(10(16)7-11(17)15-14)8-9(2)12(18)19-13(3,4)5;1-3-10(5-6(2)9(14)15)7(12)4-8(13)11-10/h9H,6-8H2,1-5H3,(H,15,17);6H,3-5H2,1-2H3,(H,11,13)(H,14,15)/t9-,14+;6-,10+/m00/s1. The third kappa shape index (κ3) is 7.36. The van der Waals surface area contributed by atoms with E-state index in [1.54, 1.807) is 34.6 Å². The van der Waals surface area contributed by atoms with Crippen LogP contribution in [-0.2, 0) is 33.5 Å². The average molecular weight is 483 g/mol. The zero-order valence-corrected chi connectivity index (χ0v) is 21.2. The van der Waals surface area contributed by atoms with Gasteiger partial charge in [0, 0.05) is 0 Å². The first-order chi connectivity index (χ1) is 15.5. The van der Waals surface area contributed by atoms with Crippen molar-refractivity contribution in [2.75, 3.05) is 0 Å². The summed E-state index contributed by atoms with van der Waals surface area (Å²) in [6, 6.07) is 0. The van der Waals surface area contributed by atoms with E-state index in [2.05, 4.69) is 10.6 Å². The third-order valence-corrected chi connectivity index (χ3v) is 6.21. The normalized spacial score (nSPS) is 26.2. The molecule has 0 aromatic carbocycles. The zero-order valence-electron chi connectivity index (χ0n) is 21.2. The second kappa shape index (κ2) is 11.1. The third-order valence-electron chi connectivity index (χ3n) is 6.21. The van der Waals surface area contributed by atoms with E-state index in [9.17, 15) is 28.8 Å². The fraction of sp³-hybridized carbons (Fsp3) is 0.750. The lowest BCUT2D eigenvalue weighted by Crippen LogP contribution is -2.48. The van der Waals surface area contributed by atoms with Crippen LogP contribution in [0.25, 0.3) is 0 Å². The smallest absolute Gasteiger partial charge is 0.309 e. The molecule has 2 rings (SSSR count). The number of nitrogens with one attached hydrogen (secondary N) is 2. The highest BCUT2D eigenvalue weighted by Crippen LogP contribution is 2.29. The van der Waals surface area contributed by atoms with Gasteiger partial charge in [0.25, 0.3) is 0 Å². The van der Waals surface area contributed by atoms with Gasteiger partial charge >= 0.3 is 11.9 Å². The van der Waals surface area contributed by atoms with Crippen LogP contribution < -0.4 is 10.6 Å². The van der Waals surface area contributed by atoms with Crippen LogP contribution in [-0.4, -0.2) is 57.1 Å². The Morgan fingerprint density at radius 2 is 1.26 bits per heavy atom. The largest absolute Gasteiger partial charge is 0.481 e. The minimum atomic E-state index is -0.950. The summed E-state index contributed by atoms with van der Waals surface area (Å²) in [6.07, 6.45) is 1.18. The molecule has 3 N–H and O–H groups in total. The Morgan fingerprint density at radius 3 is 1.53 bits per heavy atom. The summed E-state index contributed by atoms with van der Waals surface area (Å²) in [5.41, 5.74) is -2.39. The lowest BCUT2D eigenvalue weighted by molar-refractivity contribution is -0.160. The summed E-state index contributed by atoms with van der Waals surface area (Å²) < 4.78 is 5.30. The van der Waals surface area contributed by atoms with Crippen LogP contribution in [0.1, 0.15) is 87.0 Å². The monoisotopic (exact) mass is 482 g/mol. The maximum absolute atomic E-state index is 11.9. The van der Waals surface area contributed by atoms with Crippen molar-refractivity contribution in [3.8, 4) is 0 Å². The summed E-state index contributed by atoms with van der Waals surface area (Å²) in [6.45, 7) is 12.3. The topological polar surface area (TPSA) is 156 Å². The van der Waals surface area contributed by atoms with Crippen LogP contribution in [0, 0.1) is 11.8 Å². The first-order valence-corrected chi connectivity index (χ1v) is 11.6. The number of rotatable bonds is 8. The Kier molecular flexibility index (Phi) is 9.55. The van der Waals surface area contributed by atoms with Crippen molar-refractivity contribution in [3.63, 3.8) is 0 Å². The van der Waals surface area contributed by atoms with Gasteiger partial charge in [0.05, 0.1) is 35.8 Å². The van der Waals surface area contributed by atoms with E-state index in [4.69, 9.17) is 9.84 Å². The maximum Gasteiger partial charge on any atom is 0.309 e. The number of carbonyl (C=O) groups is 6. The number of aliphatic carboxylic acids is 1. The molecule has 2 fully saturated rings. The van der Waals surface area contributed by atoms with Crippen molar-refractivity contribution < 1.29 is 38.6 Å². The van der Waals surface area contributed by atoms with E-state index in [0.717, 1.165) is 0 Å². The molecule has 10 nitrogen and oxygen atoms in total. The highest BCUT2D eigenvalue weighted by atomic mass is 16.6. The fourth-order valence-corrected chi connectivity index (χ4v) is 4.20. The van der Waals surface area contributed by atoms with Gasteiger partial charge in [0.2, 0.25) is 11.8 Å². The summed E-state index contributed by atoms with van der Waals surface area (Å²) in [7, 11) is 0. The van der Waals surface area contributed by atoms with Gasteiger partial charge < -0.3 is 20.5 Å². The molecule has 34 heavy (non-hydrogen) atoms. The van der Waals surface area contributed by atoms with Crippen molar-refractivity contribution in [1.29, 1.82) is 0 Å². The average Bonchev–Trinajstić information content (AvgIpc) is 3.15. The molecule has 2 saturated heterocycles. The molecule has 0 aliphatic carbocycles. The molecule has 0 saturated carbocycles. The van der Waals surface area contributed by atoms with E-state index < -0.39 is 34.5 Å². The molecule has 0 aromatic rings. The molecule has 2 amide bonds. The maximum atomic E-state index is 11.9. The van der Waals surface area contributed by atoms with Crippen LogP contribution in [0.2, 0.25) is 0 Å². The van der Waals surface area contributed by atoms with Gasteiger partial charge in [-0.1, -0.05) is 27.7 Å². The summed E-state index contributed by atoms with van der Waals surface area (Å²) in [5.74, 6) is -3.24. The lowest BCUT2D eigenvalue weighted by Gasteiger charge is -2.30. The SMILES string of the molecule is CC[C@]1(C[C@H](C)C(=O)O)NC(=O)CC1=O.CC[C@]1(C[C@H](C)C(=O)OC(C)(C)C)NC(=O)CC1=O. The molecule has 0 spiro atoms. The predicted molar refractivity (Wildman–Crippen MR) is 123 cm³/mol. The molecule has 2 aliphatic rings. The number of hydrogen-bond acceptors (Lipinski definition) is 7. The van der Waals surface area contributed by atoms with Crippen LogP contribution in [0.4, 0.5) is 0 Å². The molecule has 10 heteroatoms. The molecule has 192 valence electrons. The van der Waals surface area contributed by atoms with E-state index in [1.807, 2.05) is 6.92 Å². The van der Waals surface area contributed by atoms with Crippen LogP contribution in [0.15, 0.2) is 0 Å². The highest BCUT2D eigenvalue weighted by molar-refractivity contribution is 6.11. The van der Waals surface area contributed by atoms with E-state index in [0.29, 0.717) is 19.3 Å². The van der Waals surface area contributed by atoms with Gasteiger partial charge in [-0.25, -0.2) is 0 Å². The molecular formula is C24H38N2O8. The highest BCUT2D eigenvalue weighted by Gasteiger charge is 2.47. The van der Waals surface area contributed by atoms with Crippen LogP contribution in [0.5, 0.6) is 0 Å². The number of ketones is 2.